The van der Waals surface area contributed by atoms with Crippen molar-refractivity contribution in [1.29, 1.82) is 0 Å². The number of anilines is 1. The fourth-order valence-electron chi connectivity index (χ4n) is 3.62. The molecule has 1 aliphatic rings. The number of amides is 1. The van der Waals surface area contributed by atoms with E-state index in [-0.39, 0.29) is 23.8 Å². The van der Waals surface area contributed by atoms with Crippen LogP contribution in [-0.2, 0) is 4.74 Å². The van der Waals surface area contributed by atoms with Gasteiger partial charge in [0.1, 0.15) is 10.6 Å². The highest BCUT2D eigenvalue weighted by atomic mass is 127. The van der Waals surface area contributed by atoms with E-state index in [4.69, 9.17) is 16.3 Å². The van der Waals surface area contributed by atoms with Crippen molar-refractivity contribution in [3.8, 4) is 0 Å². The number of nitrogens with zero attached hydrogens (tertiary/aromatic N) is 3. The Hall–Kier alpha value is -1.37. The number of aryl methyl sites for hydroxylation is 1. The number of hydrogen-bond acceptors (Lipinski definition) is 7. The van der Waals surface area contributed by atoms with Gasteiger partial charge < -0.3 is 24.8 Å². The quantitative estimate of drug-likeness (QED) is 0.414. The van der Waals surface area contributed by atoms with Gasteiger partial charge >= 0.3 is 5.97 Å². The van der Waals surface area contributed by atoms with E-state index >= 15 is 0 Å². The lowest BCUT2D eigenvalue weighted by Gasteiger charge is -2.40. The number of aromatic nitrogens is 2. The van der Waals surface area contributed by atoms with Crippen LogP contribution in [0.4, 0.5) is 5.13 Å². The van der Waals surface area contributed by atoms with Crippen molar-refractivity contribution in [3.63, 3.8) is 0 Å². The number of methoxy groups -OCH3 is 1. The molecule has 2 atom stereocenters. The highest BCUT2D eigenvalue weighted by molar-refractivity contribution is 14.1. The molecule has 3 rings (SSSR count). The Bertz CT molecular complexity index is 931. The first kappa shape index (κ1) is 23.3. The number of thiazole rings is 1. The lowest BCUT2D eigenvalue weighted by atomic mass is 9.91. The van der Waals surface area contributed by atoms with Gasteiger partial charge in [0.25, 0.3) is 5.91 Å². The Morgan fingerprint density at radius 1 is 1.50 bits per heavy atom. The first-order valence-corrected chi connectivity index (χ1v) is 11.8. The molecule has 0 spiro atoms. The average Bonchev–Trinajstić information content (AvgIpc) is 3.29. The van der Waals surface area contributed by atoms with Crippen LogP contribution in [0.2, 0.25) is 5.02 Å². The summed E-state index contributed by atoms with van der Waals surface area (Å²) in [7, 11) is 5.40. The van der Waals surface area contributed by atoms with Crippen LogP contribution in [0, 0.1) is 16.4 Å². The van der Waals surface area contributed by atoms with E-state index in [0.717, 1.165) is 40.5 Å². The van der Waals surface area contributed by atoms with Crippen molar-refractivity contribution >= 4 is 62.5 Å². The van der Waals surface area contributed by atoms with E-state index in [1.54, 1.807) is 6.20 Å². The van der Waals surface area contributed by atoms with E-state index in [0.29, 0.717) is 15.6 Å². The Morgan fingerprint density at radius 2 is 2.23 bits per heavy atom. The molecule has 1 aliphatic heterocycles. The van der Waals surface area contributed by atoms with Gasteiger partial charge in [0.05, 0.1) is 21.9 Å². The van der Waals surface area contributed by atoms with Crippen molar-refractivity contribution in [1.82, 2.24) is 20.2 Å². The number of halogens is 2. The lowest BCUT2D eigenvalue weighted by molar-refractivity contribution is 0.0606. The van der Waals surface area contributed by atoms with E-state index in [9.17, 15) is 9.59 Å². The predicted octanol–water partition coefficient (Wildman–Crippen LogP) is 3.01. The second-order valence-corrected chi connectivity index (χ2v) is 10.1. The molecule has 2 aromatic heterocycles. The van der Waals surface area contributed by atoms with Gasteiger partial charge in [-0.2, -0.15) is 0 Å². The largest absolute Gasteiger partial charge is 0.465 e. The third kappa shape index (κ3) is 5.09. The van der Waals surface area contributed by atoms with Crippen molar-refractivity contribution in [2.75, 3.05) is 45.7 Å². The average molecular weight is 566 g/mol. The van der Waals surface area contributed by atoms with Gasteiger partial charge in [-0.25, -0.2) is 9.78 Å². The molecule has 1 saturated heterocycles. The van der Waals surface area contributed by atoms with Gasteiger partial charge in [-0.15, -0.1) is 0 Å². The predicted molar refractivity (Wildman–Crippen MR) is 127 cm³/mol. The van der Waals surface area contributed by atoms with Gasteiger partial charge in [0.15, 0.2) is 5.13 Å². The second kappa shape index (κ2) is 9.84. The number of H-pyrrole nitrogens is 1. The fraction of sp³-hybridized carbons (Fsp3) is 0.526. The molecule has 0 radical (unpaired) electrons. The minimum absolute atomic E-state index is 0.00789. The monoisotopic (exact) mass is 565 g/mol. The highest BCUT2D eigenvalue weighted by Gasteiger charge is 2.33. The Morgan fingerprint density at radius 3 is 2.83 bits per heavy atom. The molecule has 30 heavy (non-hydrogen) atoms. The van der Waals surface area contributed by atoms with Gasteiger partial charge in [-0.1, -0.05) is 22.9 Å². The number of rotatable bonds is 6. The van der Waals surface area contributed by atoms with E-state index < -0.39 is 0 Å². The third-order valence-corrected chi connectivity index (χ3v) is 8.17. The molecule has 1 fully saturated rings. The van der Waals surface area contributed by atoms with Crippen LogP contribution in [0.1, 0.15) is 32.3 Å². The number of piperidine rings is 1. The summed E-state index contributed by atoms with van der Waals surface area (Å²) >= 11 is 9.79. The van der Waals surface area contributed by atoms with Gasteiger partial charge in [-0.3, -0.25) is 4.79 Å². The maximum atomic E-state index is 12.9. The number of nitrogens with one attached hydrogen (secondary N) is 2. The number of hydrogen-bond donors (Lipinski definition) is 2. The SMILES string of the molecule is COC(=O)c1cnc(N2CCC(NC(=O)c3[nH]c(C)c(I)c3Cl)C(CN(C)C)C2)s1. The van der Waals surface area contributed by atoms with Crippen molar-refractivity contribution in [2.45, 2.75) is 19.4 Å². The molecule has 0 aliphatic carbocycles. The molecule has 3 heterocycles. The number of carbonyl (C=O) groups excluding carboxylic acids is 2. The van der Waals surface area contributed by atoms with Crippen molar-refractivity contribution < 1.29 is 14.3 Å². The van der Waals surface area contributed by atoms with E-state index in [2.05, 4.69) is 47.7 Å². The van der Waals surface area contributed by atoms with Crippen molar-refractivity contribution in [2.24, 2.45) is 5.92 Å². The smallest absolute Gasteiger partial charge is 0.349 e. The first-order valence-electron chi connectivity index (χ1n) is 9.49. The van der Waals surface area contributed by atoms with Crippen molar-refractivity contribution in [3.05, 3.63) is 31.1 Å². The summed E-state index contributed by atoms with van der Waals surface area (Å²) in [6.45, 7) is 4.17. The second-order valence-electron chi connectivity index (χ2n) is 7.59. The summed E-state index contributed by atoms with van der Waals surface area (Å²) in [6.07, 6.45) is 2.32. The molecule has 11 heteroatoms. The van der Waals surface area contributed by atoms with Gasteiger partial charge in [-0.05, 0) is 50.0 Å². The van der Waals surface area contributed by atoms with Crippen LogP contribution in [0.25, 0.3) is 0 Å². The van der Waals surface area contributed by atoms with Gasteiger partial charge in [0.2, 0.25) is 0 Å². The van der Waals surface area contributed by atoms with Crippen LogP contribution in [0.3, 0.4) is 0 Å². The standard InChI is InChI=1S/C19H25ClIN5O3S/c1-10-15(21)14(20)16(23-10)17(27)24-12-5-6-26(9-11(12)8-25(2)3)19-22-7-13(30-19)18(28)29-4/h7,11-12,23H,5-6,8-9H2,1-4H3,(H,24,27). The van der Waals surface area contributed by atoms with Crippen LogP contribution in [0.5, 0.6) is 0 Å². The molecule has 2 aromatic rings. The third-order valence-electron chi connectivity index (χ3n) is 5.08. The molecule has 164 valence electrons. The Kier molecular flexibility index (Phi) is 7.64. The van der Waals surface area contributed by atoms with Crippen LogP contribution in [0.15, 0.2) is 6.20 Å². The summed E-state index contributed by atoms with van der Waals surface area (Å²) in [6, 6.07) is 0.00789. The summed E-state index contributed by atoms with van der Waals surface area (Å²) in [5.74, 6) is -0.369. The number of aromatic amines is 1. The maximum Gasteiger partial charge on any atom is 0.349 e. The summed E-state index contributed by atoms with van der Waals surface area (Å²) in [4.78, 5) is 36.9. The van der Waals surface area contributed by atoms with Crippen LogP contribution < -0.4 is 10.2 Å². The van der Waals surface area contributed by atoms with Crippen LogP contribution >= 0.6 is 45.5 Å². The molecule has 0 bridgehead atoms. The van der Waals surface area contributed by atoms with Gasteiger partial charge in [0, 0.05) is 37.3 Å². The lowest BCUT2D eigenvalue weighted by Crippen LogP contribution is -2.53. The number of ether oxygens (including phenoxy) is 1. The fourth-order valence-corrected chi connectivity index (χ4v) is 5.17. The summed E-state index contributed by atoms with van der Waals surface area (Å²) < 4.78 is 5.64. The molecule has 8 nitrogen and oxygen atoms in total. The maximum absolute atomic E-state index is 12.9. The first-order chi connectivity index (χ1) is 14.2. The molecule has 0 aromatic carbocycles. The summed E-state index contributed by atoms with van der Waals surface area (Å²) in [5.41, 5.74) is 1.29. The summed E-state index contributed by atoms with van der Waals surface area (Å²) in [5, 5.41) is 4.43. The Balaban J connectivity index is 1.73. The molecule has 0 saturated carbocycles. The molecule has 2 unspecified atom stereocenters. The number of esters is 1. The zero-order chi connectivity index (χ0) is 22.0. The number of carbonyl (C=O) groups is 2. The molecular weight excluding hydrogens is 541 g/mol. The Labute approximate surface area is 198 Å². The zero-order valence-electron chi connectivity index (χ0n) is 17.3. The topological polar surface area (TPSA) is 90.6 Å². The minimum Gasteiger partial charge on any atom is -0.465 e. The highest BCUT2D eigenvalue weighted by Crippen LogP contribution is 2.30. The van der Waals surface area contributed by atoms with E-state index in [1.807, 2.05) is 21.0 Å². The molecular formula is C19H25ClIN5O3S. The molecule has 1 amide bonds. The zero-order valence-corrected chi connectivity index (χ0v) is 21.0. The van der Waals surface area contributed by atoms with Crippen LogP contribution in [-0.4, -0.2) is 73.6 Å². The minimum atomic E-state index is -0.376. The molecule has 2 N–H and O–H groups in total. The van der Waals surface area contributed by atoms with E-state index in [1.165, 1.54) is 18.4 Å². The normalized spacial score (nSPS) is 19.2.